The number of carbonyl (C=O) groups excluding carboxylic acids is 2. The van der Waals surface area contributed by atoms with Crippen molar-refractivity contribution in [3.05, 3.63) is 58.9 Å². The summed E-state index contributed by atoms with van der Waals surface area (Å²) in [7, 11) is -4.73. The van der Waals surface area contributed by atoms with Crippen LogP contribution in [-0.4, -0.2) is 20.3 Å². The molecule has 1 N–H and O–H groups in total. The fourth-order valence-electron chi connectivity index (χ4n) is 1.89. The second-order valence-electron chi connectivity index (χ2n) is 4.94. The lowest BCUT2D eigenvalue weighted by Gasteiger charge is -2.10. The Kier molecular flexibility index (Phi) is 5.49. The van der Waals surface area contributed by atoms with Crippen molar-refractivity contribution >= 4 is 21.9 Å². The van der Waals surface area contributed by atoms with Gasteiger partial charge in [-0.2, -0.15) is 0 Å². The van der Waals surface area contributed by atoms with Crippen LogP contribution in [0.2, 0.25) is 0 Å². The molecule has 0 aromatic heterocycles. The smallest absolute Gasteiger partial charge is 0.308 e. The number of benzene rings is 2. The molecule has 0 bridgehead atoms. The molecule has 0 spiro atoms. The van der Waals surface area contributed by atoms with E-state index in [4.69, 9.17) is 0 Å². The zero-order valence-corrected chi connectivity index (χ0v) is 14.0. The third kappa shape index (κ3) is 4.05. The lowest BCUT2D eigenvalue weighted by atomic mass is 10.1. The first kappa shape index (κ1) is 20.3. The molecule has 0 fully saturated rings. The van der Waals surface area contributed by atoms with Gasteiger partial charge in [0.25, 0.3) is 15.9 Å². The molecule has 27 heavy (non-hydrogen) atoms. The average Bonchev–Trinajstić information content (AvgIpc) is 2.58. The van der Waals surface area contributed by atoms with E-state index in [-0.39, 0.29) is 5.75 Å². The number of halogens is 5. The highest BCUT2D eigenvalue weighted by Crippen LogP contribution is 2.23. The molecule has 12 heteroatoms. The van der Waals surface area contributed by atoms with E-state index in [1.807, 2.05) is 0 Å². The van der Waals surface area contributed by atoms with Gasteiger partial charge >= 0.3 is 5.97 Å². The molecule has 0 heterocycles. The summed E-state index contributed by atoms with van der Waals surface area (Å²) >= 11 is 0. The van der Waals surface area contributed by atoms with Crippen LogP contribution >= 0.6 is 0 Å². The average molecular weight is 409 g/mol. The van der Waals surface area contributed by atoms with E-state index in [9.17, 15) is 40.0 Å². The van der Waals surface area contributed by atoms with Gasteiger partial charge in [-0.1, -0.05) is 0 Å². The summed E-state index contributed by atoms with van der Waals surface area (Å²) in [6.07, 6.45) is 0. The van der Waals surface area contributed by atoms with Crippen molar-refractivity contribution in [1.29, 1.82) is 0 Å². The maximum atomic E-state index is 13.6. The van der Waals surface area contributed by atoms with Crippen molar-refractivity contribution in [3.63, 3.8) is 0 Å². The third-order valence-electron chi connectivity index (χ3n) is 3.06. The van der Waals surface area contributed by atoms with Crippen molar-refractivity contribution in [2.45, 2.75) is 11.8 Å². The lowest BCUT2D eigenvalue weighted by Crippen LogP contribution is -2.32. The zero-order chi connectivity index (χ0) is 20.5. The van der Waals surface area contributed by atoms with Crippen LogP contribution in [0.3, 0.4) is 0 Å². The monoisotopic (exact) mass is 409 g/mol. The Hall–Kier alpha value is -3.02. The summed E-state index contributed by atoms with van der Waals surface area (Å²) in [5, 5.41) is 0. The molecule has 144 valence electrons. The molecule has 0 aliphatic rings. The highest BCUT2D eigenvalue weighted by molar-refractivity contribution is 7.90. The summed E-state index contributed by atoms with van der Waals surface area (Å²) < 4.78 is 96.4. The second-order valence-corrected chi connectivity index (χ2v) is 6.63. The number of carbonyl (C=O) groups is 2. The Labute approximate surface area is 148 Å². The van der Waals surface area contributed by atoms with Crippen molar-refractivity contribution < 1.29 is 44.7 Å². The second kappa shape index (κ2) is 7.31. The summed E-state index contributed by atoms with van der Waals surface area (Å²) in [5.74, 6) is -15.0. The Bertz CT molecular complexity index is 1010. The minimum atomic E-state index is -4.73. The maximum Gasteiger partial charge on any atom is 0.308 e. The Morgan fingerprint density at radius 2 is 1.30 bits per heavy atom. The van der Waals surface area contributed by atoms with E-state index < -0.39 is 61.4 Å². The number of rotatable bonds is 4. The number of ether oxygens (including phenoxy) is 1. The quantitative estimate of drug-likeness (QED) is 0.276. The molecule has 0 radical (unpaired) electrons. The standard InChI is InChI=1S/C15H8F5NO5S/c1-6(22)26-7-2-4-8(5-3-7)27(24,25)21-15(23)9-10(16)12(18)14(20)13(19)11(9)17/h2-5H,1H3,(H,21,23). The molecule has 0 aliphatic heterocycles. The molecule has 0 saturated carbocycles. The Morgan fingerprint density at radius 3 is 1.74 bits per heavy atom. The first-order valence-corrected chi connectivity index (χ1v) is 8.31. The van der Waals surface area contributed by atoms with Gasteiger partial charge < -0.3 is 4.74 Å². The minimum Gasteiger partial charge on any atom is -0.427 e. The summed E-state index contributed by atoms with van der Waals surface area (Å²) in [6, 6.07) is 3.84. The molecule has 2 aromatic rings. The van der Waals surface area contributed by atoms with Crippen LogP contribution in [0.5, 0.6) is 5.75 Å². The topological polar surface area (TPSA) is 89.5 Å². The largest absolute Gasteiger partial charge is 0.427 e. The van der Waals surface area contributed by atoms with E-state index in [1.165, 1.54) is 4.72 Å². The molecule has 0 aliphatic carbocycles. The number of sulfonamides is 1. The third-order valence-corrected chi connectivity index (χ3v) is 4.41. The fourth-order valence-corrected chi connectivity index (χ4v) is 2.85. The van der Waals surface area contributed by atoms with Gasteiger partial charge in [0.1, 0.15) is 11.3 Å². The molecular formula is C15H8F5NO5S. The normalized spacial score (nSPS) is 11.2. The van der Waals surface area contributed by atoms with Gasteiger partial charge in [0.05, 0.1) is 4.90 Å². The summed E-state index contributed by atoms with van der Waals surface area (Å²) in [6.45, 7) is 1.09. The molecule has 0 saturated heterocycles. The van der Waals surface area contributed by atoms with Crippen molar-refractivity contribution in [2.75, 3.05) is 0 Å². The van der Waals surface area contributed by atoms with Crippen molar-refractivity contribution in [2.24, 2.45) is 0 Å². The van der Waals surface area contributed by atoms with E-state index in [1.54, 1.807) is 0 Å². The molecule has 0 unspecified atom stereocenters. The minimum absolute atomic E-state index is 0.0347. The summed E-state index contributed by atoms with van der Waals surface area (Å²) in [4.78, 5) is 22.0. The van der Waals surface area contributed by atoms with Crippen LogP contribution in [-0.2, 0) is 14.8 Å². The predicted octanol–water partition coefficient (Wildman–Crippen LogP) is 2.43. The molecule has 2 rings (SSSR count). The van der Waals surface area contributed by atoms with Gasteiger partial charge in [-0.3, -0.25) is 9.59 Å². The first-order chi connectivity index (χ1) is 12.5. The van der Waals surface area contributed by atoms with Crippen LogP contribution in [0.4, 0.5) is 22.0 Å². The van der Waals surface area contributed by atoms with Gasteiger partial charge in [-0.15, -0.1) is 0 Å². The van der Waals surface area contributed by atoms with Gasteiger partial charge in [0, 0.05) is 6.92 Å². The van der Waals surface area contributed by atoms with Crippen LogP contribution in [0.25, 0.3) is 0 Å². The maximum absolute atomic E-state index is 13.6. The summed E-state index contributed by atoms with van der Waals surface area (Å²) in [5.41, 5.74) is -1.95. The van der Waals surface area contributed by atoms with Crippen LogP contribution in [0.1, 0.15) is 17.3 Å². The Morgan fingerprint density at radius 1 is 0.852 bits per heavy atom. The molecule has 0 atom stereocenters. The fraction of sp³-hybridized carbons (Fsp3) is 0.0667. The molecule has 1 amide bonds. The van der Waals surface area contributed by atoms with Gasteiger partial charge in [0.2, 0.25) is 5.82 Å². The van der Waals surface area contributed by atoms with Crippen molar-refractivity contribution in [3.8, 4) is 5.75 Å². The van der Waals surface area contributed by atoms with Crippen LogP contribution in [0, 0.1) is 29.1 Å². The van der Waals surface area contributed by atoms with Gasteiger partial charge in [0.15, 0.2) is 23.3 Å². The number of hydrogen-bond donors (Lipinski definition) is 1. The van der Waals surface area contributed by atoms with E-state index in [0.29, 0.717) is 0 Å². The number of hydrogen-bond acceptors (Lipinski definition) is 5. The van der Waals surface area contributed by atoms with Gasteiger partial charge in [-0.25, -0.2) is 35.1 Å². The van der Waals surface area contributed by atoms with Crippen molar-refractivity contribution in [1.82, 2.24) is 4.72 Å². The highest BCUT2D eigenvalue weighted by atomic mass is 32.2. The number of esters is 1. The highest BCUT2D eigenvalue weighted by Gasteiger charge is 2.31. The van der Waals surface area contributed by atoms with E-state index >= 15 is 0 Å². The van der Waals surface area contributed by atoms with Crippen LogP contribution in [0.15, 0.2) is 29.2 Å². The van der Waals surface area contributed by atoms with Crippen LogP contribution < -0.4 is 9.46 Å². The SMILES string of the molecule is CC(=O)Oc1ccc(S(=O)(=O)NC(=O)c2c(F)c(F)c(F)c(F)c2F)cc1. The molecule has 6 nitrogen and oxygen atoms in total. The molecule has 2 aromatic carbocycles. The Balaban J connectivity index is 2.36. The number of nitrogens with one attached hydrogen (secondary N) is 1. The zero-order valence-electron chi connectivity index (χ0n) is 13.1. The van der Waals surface area contributed by atoms with Gasteiger partial charge in [-0.05, 0) is 24.3 Å². The lowest BCUT2D eigenvalue weighted by molar-refractivity contribution is -0.131. The predicted molar refractivity (Wildman–Crippen MR) is 78.6 cm³/mol. The van der Waals surface area contributed by atoms with E-state index in [2.05, 4.69) is 4.74 Å². The van der Waals surface area contributed by atoms with E-state index in [0.717, 1.165) is 31.2 Å². The number of amides is 1. The molecular weight excluding hydrogens is 401 g/mol. The first-order valence-electron chi connectivity index (χ1n) is 6.82.